The van der Waals surface area contributed by atoms with Crippen molar-refractivity contribution in [3.8, 4) is 11.5 Å². The zero-order valence-corrected chi connectivity index (χ0v) is 12.8. The molecule has 0 saturated heterocycles. The van der Waals surface area contributed by atoms with Crippen LogP contribution in [0.4, 0.5) is 0 Å². The SMILES string of the molecule is C=CC(=O)CCCCCCOc1ccc(C(=O)O)cc1OC. The van der Waals surface area contributed by atoms with E-state index in [0.29, 0.717) is 24.5 Å². The van der Waals surface area contributed by atoms with Gasteiger partial charge in [0.2, 0.25) is 0 Å². The van der Waals surface area contributed by atoms with E-state index in [9.17, 15) is 9.59 Å². The van der Waals surface area contributed by atoms with Gasteiger partial charge >= 0.3 is 5.97 Å². The maximum Gasteiger partial charge on any atom is 0.335 e. The average Bonchev–Trinajstić information content (AvgIpc) is 2.53. The molecule has 1 aromatic rings. The van der Waals surface area contributed by atoms with Gasteiger partial charge in [-0.25, -0.2) is 4.79 Å². The van der Waals surface area contributed by atoms with Crippen LogP contribution in [0, 0.1) is 0 Å². The van der Waals surface area contributed by atoms with Crippen molar-refractivity contribution in [2.45, 2.75) is 32.1 Å². The van der Waals surface area contributed by atoms with Crippen molar-refractivity contribution in [3.05, 3.63) is 36.4 Å². The summed E-state index contributed by atoms with van der Waals surface area (Å²) < 4.78 is 10.7. The third-order valence-electron chi connectivity index (χ3n) is 3.21. The molecular weight excluding hydrogens is 284 g/mol. The lowest BCUT2D eigenvalue weighted by atomic mass is 10.1. The van der Waals surface area contributed by atoms with E-state index in [0.717, 1.165) is 25.7 Å². The summed E-state index contributed by atoms with van der Waals surface area (Å²) in [4.78, 5) is 21.9. The number of carbonyl (C=O) groups is 2. The summed E-state index contributed by atoms with van der Waals surface area (Å²) in [6.07, 6.45) is 5.58. The summed E-state index contributed by atoms with van der Waals surface area (Å²) in [6, 6.07) is 4.53. The van der Waals surface area contributed by atoms with Crippen LogP contribution in [-0.4, -0.2) is 30.6 Å². The van der Waals surface area contributed by atoms with Crippen molar-refractivity contribution in [2.24, 2.45) is 0 Å². The highest BCUT2D eigenvalue weighted by atomic mass is 16.5. The molecule has 5 heteroatoms. The first-order valence-corrected chi connectivity index (χ1v) is 7.28. The zero-order chi connectivity index (χ0) is 16.4. The number of hydrogen-bond donors (Lipinski definition) is 1. The summed E-state index contributed by atoms with van der Waals surface area (Å²) in [6.45, 7) is 3.96. The fraction of sp³-hybridized carbons (Fsp3) is 0.412. The van der Waals surface area contributed by atoms with Crippen LogP contribution in [-0.2, 0) is 4.79 Å². The summed E-state index contributed by atoms with van der Waals surface area (Å²) in [5.74, 6) is 0.0317. The second-order valence-electron chi connectivity index (χ2n) is 4.85. The van der Waals surface area contributed by atoms with Gasteiger partial charge in [0.05, 0.1) is 19.3 Å². The van der Waals surface area contributed by atoms with Crippen molar-refractivity contribution in [2.75, 3.05) is 13.7 Å². The molecule has 22 heavy (non-hydrogen) atoms. The minimum Gasteiger partial charge on any atom is -0.493 e. The topological polar surface area (TPSA) is 72.8 Å². The first-order chi connectivity index (χ1) is 10.6. The predicted molar refractivity (Wildman–Crippen MR) is 83.7 cm³/mol. The first kappa shape index (κ1) is 17.8. The molecule has 0 aliphatic heterocycles. The standard InChI is InChI=1S/C17H22O5/c1-3-14(18)8-6-4-5-7-11-22-15-10-9-13(17(19)20)12-16(15)21-2/h3,9-10,12H,1,4-8,11H2,2H3,(H,19,20). The van der Waals surface area contributed by atoms with E-state index in [2.05, 4.69) is 6.58 Å². The minimum absolute atomic E-state index is 0.0829. The Morgan fingerprint density at radius 3 is 2.55 bits per heavy atom. The number of carboxylic acids is 1. The molecule has 1 aromatic carbocycles. The second kappa shape index (κ2) is 9.60. The Balaban J connectivity index is 2.31. The van der Waals surface area contributed by atoms with Crippen LogP contribution in [0.5, 0.6) is 11.5 Å². The molecule has 0 unspecified atom stereocenters. The molecule has 0 aliphatic rings. The van der Waals surface area contributed by atoms with Crippen LogP contribution in [0.2, 0.25) is 0 Å². The highest BCUT2D eigenvalue weighted by molar-refractivity contribution is 5.89. The summed E-state index contributed by atoms with van der Waals surface area (Å²) in [5.41, 5.74) is 0.163. The maximum atomic E-state index is 11.0. The van der Waals surface area contributed by atoms with Crippen molar-refractivity contribution >= 4 is 11.8 Å². The molecule has 0 spiro atoms. The van der Waals surface area contributed by atoms with Gasteiger partial charge in [0.1, 0.15) is 0 Å². The molecule has 0 radical (unpaired) electrons. The van der Waals surface area contributed by atoms with E-state index < -0.39 is 5.97 Å². The number of aromatic carboxylic acids is 1. The number of rotatable bonds is 11. The van der Waals surface area contributed by atoms with Gasteiger partial charge in [-0.3, -0.25) is 4.79 Å². The molecule has 120 valence electrons. The molecule has 0 fully saturated rings. The Morgan fingerprint density at radius 2 is 1.91 bits per heavy atom. The van der Waals surface area contributed by atoms with Crippen LogP contribution >= 0.6 is 0 Å². The minimum atomic E-state index is -1.00. The number of allylic oxidation sites excluding steroid dienone is 1. The van der Waals surface area contributed by atoms with Gasteiger partial charge in [0.25, 0.3) is 0 Å². The molecule has 5 nitrogen and oxygen atoms in total. The molecule has 0 atom stereocenters. The average molecular weight is 306 g/mol. The van der Waals surface area contributed by atoms with E-state index in [1.54, 1.807) is 6.07 Å². The van der Waals surface area contributed by atoms with E-state index in [1.807, 2.05) is 0 Å². The lowest BCUT2D eigenvalue weighted by molar-refractivity contribution is -0.114. The van der Waals surface area contributed by atoms with Gasteiger partial charge in [0.15, 0.2) is 17.3 Å². The number of hydrogen-bond acceptors (Lipinski definition) is 4. The van der Waals surface area contributed by atoms with E-state index >= 15 is 0 Å². The van der Waals surface area contributed by atoms with Crippen LogP contribution in [0.1, 0.15) is 42.5 Å². The maximum absolute atomic E-state index is 11.0. The van der Waals surface area contributed by atoms with Gasteiger partial charge in [-0.2, -0.15) is 0 Å². The van der Waals surface area contributed by atoms with Crippen molar-refractivity contribution in [1.29, 1.82) is 0 Å². The highest BCUT2D eigenvalue weighted by Gasteiger charge is 2.09. The summed E-state index contributed by atoms with van der Waals surface area (Å²) in [5, 5.41) is 8.92. The number of methoxy groups -OCH3 is 1. The largest absolute Gasteiger partial charge is 0.493 e. The molecule has 0 aromatic heterocycles. The number of carboxylic acid groups (broad SMARTS) is 1. The van der Waals surface area contributed by atoms with Gasteiger partial charge in [-0.1, -0.05) is 19.4 Å². The van der Waals surface area contributed by atoms with Gasteiger partial charge in [-0.05, 0) is 37.1 Å². The Bertz CT molecular complexity index is 522. The van der Waals surface area contributed by atoms with Crippen LogP contribution < -0.4 is 9.47 Å². The predicted octanol–water partition coefficient (Wildman–Crippen LogP) is 3.48. The van der Waals surface area contributed by atoms with Crippen molar-refractivity contribution in [1.82, 2.24) is 0 Å². The lowest BCUT2D eigenvalue weighted by Crippen LogP contribution is -2.02. The fourth-order valence-electron chi connectivity index (χ4n) is 1.96. The van der Waals surface area contributed by atoms with E-state index in [4.69, 9.17) is 14.6 Å². The van der Waals surface area contributed by atoms with Gasteiger partial charge in [0, 0.05) is 6.42 Å². The van der Waals surface area contributed by atoms with Crippen molar-refractivity contribution < 1.29 is 24.2 Å². The van der Waals surface area contributed by atoms with E-state index in [1.165, 1.54) is 25.3 Å². The zero-order valence-electron chi connectivity index (χ0n) is 12.8. The first-order valence-electron chi connectivity index (χ1n) is 7.28. The molecule has 0 aliphatic carbocycles. The second-order valence-corrected chi connectivity index (χ2v) is 4.85. The highest BCUT2D eigenvalue weighted by Crippen LogP contribution is 2.28. The quantitative estimate of drug-likeness (QED) is 0.500. The van der Waals surface area contributed by atoms with Gasteiger partial charge < -0.3 is 14.6 Å². The molecule has 0 amide bonds. The Morgan fingerprint density at radius 1 is 1.18 bits per heavy atom. The number of carbonyl (C=O) groups excluding carboxylic acids is 1. The monoisotopic (exact) mass is 306 g/mol. The summed E-state index contributed by atoms with van der Waals surface area (Å²) in [7, 11) is 1.48. The third kappa shape index (κ3) is 5.99. The Kier molecular flexibility index (Phi) is 7.75. The molecule has 0 saturated carbocycles. The van der Waals surface area contributed by atoms with Crippen LogP contribution in [0.25, 0.3) is 0 Å². The number of benzene rings is 1. The fourth-order valence-corrected chi connectivity index (χ4v) is 1.96. The van der Waals surface area contributed by atoms with Crippen molar-refractivity contribution in [3.63, 3.8) is 0 Å². The lowest BCUT2D eigenvalue weighted by Gasteiger charge is -2.11. The molecule has 0 heterocycles. The molecular formula is C17H22O5. The summed E-state index contributed by atoms with van der Waals surface area (Å²) >= 11 is 0. The number of ketones is 1. The van der Waals surface area contributed by atoms with Crippen LogP contribution in [0.15, 0.2) is 30.9 Å². The normalized spacial score (nSPS) is 10.0. The third-order valence-corrected chi connectivity index (χ3v) is 3.21. The molecule has 1 rings (SSSR count). The molecule has 0 bridgehead atoms. The Hall–Kier alpha value is -2.30. The van der Waals surface area contributed by atoms with E-state index in [-0.39, 0.29) is 11.3 Å². The van der Waals surface area contributed by atoms with Gasteiger partial charge in [-0.15, -0.1) is 0 Å². The number of ether oxygens (including phenoxy) is 2. The Labute approximate surface area is 130 Å². The van der Waals surface area contributed by atoms with Crippen LogP contribution in [0.3, 0.4) is 0 Å². The number of unbranched alkanes of at least 4 members (excludes halogenated alkanes) is 3. The smallest absolute Gasteiger partial charge is 0.335 e. The molecule has 1 N–H and O–H groups in total.